The van der Waals surface area contributed by atoms with E-state index in [9.17, 15) is 9.59 Å². The van der Waals surface area contributed by atoms with Gasteiger partial charge in [-0.05, 0) is 18.1 Å². The Morgan fingerprint density at radius 3 is 2.69 bits per heavy atom. The van der Waals surface area contributed by atoms with Gasteiger partial charge >= 0.3 is 6.03 Å². The van der Waals surface area contributed by atoms with Crippen LogP contribution >= 0.6 is 0 Å². The van der Waals surface area contributed by atoms with Gasteiger partial charge in [-0.15, -0.1) is 0 Å². The molecule has 1 saturated heterocycles. The van der Waals surface area contributed by atoms with E-state index in [0.717, 1.165) is 12.1 Å². The fourth-order valence-electron chi connectivity index (χ4n) is 2.23. The van der Waals surface area contributed by atoms with Gasteiger partial charge in [-0.2, -0.15) is 0 Å². The Morgan fingerprint density at radius 1 is 1.12 bits per heavy atom. The molecule has 2 aliphatic heterocycles. The molecule has 3 N–H and O–H groups in total. The van der Waals surface area contributed by atoms with Crippen LogP contribution in [0.1, 0.15) is 12.0 Å². The van der Waals surface area contributed by atoms with Crippen LogP contribution in [0, 0.1) is 0 Å². The third-order valence-electron chi connectivity index (χ3n) is 3.08. The molecule has 1 fully saturated rings. The van der Waals surface area contributed by atoms with Gasteiger partial charge in [-0.1, -0.05) is 18.2 Å². The van der Waals surface area contributed by atoms with Crippen molar-refractivity contribution in [3.8, 4) is 0 Å². The molecule has 0 bridgehead atoms. The topological polar surface area (TPSA) is 70.2 Å². The van der Waals surface area contributed by atoms with Gasteiger partial charge in [0.25, 0.3) is 5.91 Å². The molecule has 1 spiro atoms. The van der Waals surface area contributed by atoms with Crippen molar-refractivity contribution in [1.82, 2.24) is 10.6 Å². The highest BCUT2D eigenvalue weighted by Gasteiger charge is 2.47. The molecule has 0 saturated carbocycles. The number of anilines is 1. The maximum absolute atomic E-state index is 11.7. The first-order chi connectivity index (χ1) is 7.70. The molecular weight excluding hydrogens is 206 g/mol. The summed E-state index contributed by atoms with van der Waals surface area (Å²) >= 11 is 0. The van der Waals surface area contributed by atoms with Crippen molar-refractivity contribution < 1.29 is 9.59 Å². The number of rotatable bonds is 0. The minimum Gasteiger partial charge on any atom is -0.355 e. The van der Waals surface area contributed by atoms with Gasteiger partial charge in [0, 0.05) is 12.1 Å². The fraction of sp³-hybridized carbons (Fsp3) is 0.273. The number of para-hydroxylation sites is 1. The summed E-state index contributed by atoms with van der Waals surface area (Å²) in [4.78, 5) is 22.9. The summed E-state index contributed by atoms with van der Waals surface area (Å²) in [6, 6.07) is 7.36. The lowest BCUT2D eigenvalue weighted by Crippen LogP contribution is -2.55. The van der Waals surface area contributed by atoms with E-state index in [1.54, 1.807) is 0 Å². The first kappa shape index (κ1) is 9.21. The number of imide groups is 1. The molecule has 0 aromatic heterocycles. The number of fused-ring (bicyclic) bond motifs is 1. The summed E-state index contributed by atoms with van der Waals surface area (Å²) in [5.74, 6) is -0.299. The normalized spacial score (nSPS) is 27.0. The zero-order chi connectivity index (χ0) is 11.2. The minimum atomic E-state index is -0.953. The van der Waals surface area contributed by atoms with Crippen LogP contribution in [-0.2, 0) is 11.2 Å². The van der Waals surface area contributed by atoms with Gasteiger partial charge in [-0.25, -0.2) is 4.79 Å². The van der Waals surface area contributed by atoms with Crippen molar-refractivity contribution in [2.24, 2.45) is 0 Å². The molecular formula is C11H11N3O2. The number of carbonyl (C=O) groups excluding carboxylic acids is 2. The Kier molecular flexibility index (Phi) is 1.71. The predicted molar refractivity (Wildman–Crippen MR) is 57.8 cm³/mol. The number of amides is 3. The molecule has 16 heavy (non-hydrogen) atoms. The number of benzene rings is 1. The van der Waals surface area contributed by atoms with Crippen LogP contribution < -0.4 is 16.0 Å². The van der Waals surface area contributed by atoms with Crippen LogP contribution in [0.4, 0.5) is 10.5 Å². The smallest absolute Gasteiger partial charge is 0.323 e. The standard InChI is InChI=1S/C11H11N3O2/c15-9-11(14-10(16)12-9)6-5-7-3-1-2-4-8(7)13-11/h1-4,13H,5-6H2,(H2,12,14,15,16). The highest BCUT2D eigenvalue weighted by molar-refractivity contribution is 6.08. The number of nitrogens with one attached hydrogen (secondary N) is 3. The average Bonchev–Trinajstić information content (AvgIpc) is 2.53. The van der Waals surface area contributed by atoms with Crippen LogP contribution in [-0.4, -0.2) is 17.6 Å². The second-order valence-electron chi connectivity index (χ2n) is 4.10. The average molecular weight is 217 g/mol. The van der Waals surface area contributed by atoms with E-state index in [0.29, 0.717) is 6.42 Å². The van der Waals surface area contributed by atoms with Crippen molar-refractivity contribution in [3.05, 3.63) is 29.8 Å². The molecule has 3 amide bonds. The zero-order valence-electron chi connectivity index (χ0n) is 8.54. The van der Waals surface area contributed by atoms with Crippen LogP contribution in [0.15, 0.2) is 24.3 Å². The molecule has 1 aromatic carbocycles. The molecule has 5 nitrogen and oxygen atoms in total. The maximum atomic E-state index is 11.7. The van der Waals surface area contributed by atoms with Gasteiger partial charge in [0.1, 0.15) is 0 Å². The van der Waals surface area contributed by atoms with Crippen molar-refractivity contribution in [2.45, 2.75) is 18.5 Å². The van der Waals surface area contributed by atoms with E-state index < -0.39 is 11.7 Å². The summed E-state index contributed by atoms with van der Waals surface area (Å²) < 4.78 is 0. The second kappa shape index (κ2) is 2.98. The Morgan fingerprint density at radius 2 is 1.94 bits per heavy atom. The Balaban J connectivity index is 1.98. The van der Waals surface area contributed by atoms with Gasteiger partial charge in [0.2, 0.25) is 0 Å². The first-order valence-electron chi connectivity index (χ1n) is 5.19. The molecule has 2 aliphatic rings. The molecule has 0 aliphatic carbocycles. The first-order valence-corrected chi connectivity index (χ1v) is 5.19. The molecule has 3 rings (SSSR count). The van der Waals surface area contributed by atoms with E-state index in [4.69, 9.17) is 0 Å². The number of hydrogen-bond donors (Lipinski definition) is 3. The molecule has 0 radical (unpaired) electrons. The number of urea groups is 1. The van der Waals surface area contributed by atoms with E-state index >= 15 is 0 Å². The quantitative estimate of drug-likeness (QED) is 0.557. The van der Waals surface area contributed by atoms with E-state index in [2.05, 4.69) is 16.0 Å². The van der Waals surface area contributed by atoms with Crippen molar-refractivity contribution in [3.63, 3.8) is 0 Å². The SMILES string of the molecule is O=C1NC(=O)C2(CCc3ccccc3N2)N1. The van der Waals surface area contributed by atoms with Gasteiger partial charge in [0.15, 0.2) is 5.66 Å². The third kappa shape index (κ3) is 1.18. The molecule has 1 atom stereocenters. The highest BCUT2D eigenvalue weighted by Crippen LogP contribution is 2.30. The van der Waals surface area contributed by atoms with Crippen molar-refractivity contribution in [2.75, 3.05) is 5.32 Å². The Labute approximate surface area is 92.2 Å². The van der Waals surface area contributed by atoms with E-state index in [-0.39, 0.29) is 5.91 Å². The van der Waals surface area contributed by atoms with Crippen molar-refractivity contribution >= 4 is 17.6 Å². The Bertz CT molecular complexity index is 486. The minimum absolute atomic E-state index is 0.299. The lowest BCUT2D eigenvalue weighted by molar-refractivity contribution is -0.123. The maximum Gasteiger partial charge on any atom is 0.323 e. The predicted octanol–water partition coefficient (Wildman–Crippen LogP) is 0.580. The monoisotopic (exact) mass is 217 g/mol. The van der Waals surface area contributed by atoms with Crippen LogP contribution in [0.5, 0.6) is 0 Å². The van der Waals surface area contributed by atoms with Crippen LogP contribution in [0.25, 0.3) is 0 Å². The van der Waals surface area contributed by atoms with Gasteiger partial charge in [0.05, 0.1) is 0 Å². The van der Waals surface area contributed by atoms with Crippen LogP contribution in [0.2, 0.25) is 0 Å². The number of hydrogen-bond acceptors (Lipinski definition) is 3. The summed E-state index contributed by atoms with van der Waals surface area (Å²) in [7, 11) is 0. The largest absolute Gasteiger partial charge is 0.355 e. The lowest BCUT2D eigenvalue weighted by Gasteiger charge is -2.33. The Hall–Kier alpha value is -2.04. The molecule has 82 valence electrons. The highest BCUT2D eigenvalue weighted by atomic mass is 16.2. The lowest BCUT2D eigenvalue weighted by atomic mass is 9.93. The number of aryl methyl sites for hydroxylation is 1. The molecule has 5 heteroatoms. The van der Waals surface area contributed by atoms with Gasteiger partial charge in [-0.3, -0.25) is 10.1 Å². The van der Waals surface area contributed by atoms with Crippen molar-refractivity contribution in [1.29, 1.82) is 0 Å². The van der Waals surface area contributed by atoms with Gasteiger partial charge < -0.3 is 10.6 Å². The second-order valence-corrected chi connectivity index (χ2v) is 4.10. The number of carbonyl (C=O) groups is 2. The summed E-state index contributed by atoms with van der Waals surface area (Å²) in [6.45, 7) is 0. The summed E-state index contributed by atoms with van der Waals surface area (Å²) in [5, 5.41) is 8.01. The van der Waals surface area contributed by atoms with E-state index in [1.807, 2.05) is 24.3 Å². The zero-order valence-corrected chi connectivity index (χ0v) is 8.54. The van der Waals surface area contributed by atoms with E-state index in [1.165, 1.54) is 5.56 Å². The molecule has 1 unspecified atom stereocenters. The summed E-state index contributed by atoms with van der Waals surface area (Å²) in [6.07, 6.45) is 1.35. The molecule has 1 aromatic rings. The fourth-order valence-corrected chi connectivity index (χ4v) is 2.23. The third-order valence-corrected chi connectivity index (χ3v) is 3.08. The molecule has 2 heterocycles. The van der Waals surface area contributed by atoms with Crippen LogP contribution in [0.3, 0.4) is 0 Å². The summed E-state index contributed by atoms with van der Waals surface area (Å²) in [5.41, 5.74) is 1.12.